The molecule has 2 aromatic heterocycles. The van der Waals surface area contributed by atoms with Gasteiger partial charge in [-0.1, -0.05) is 0 Å². The molecular weight excluding hydrogens is 223 g/mol. The molecule has 0 amide bonds. The van der Waals surface area contributed by atoms with Crippen LogP contribution in [0.1, 0.15) is 21.5 Å². The highest BCUT2D eigenvalue weighted by molar-refractivity contribution is 7.12. The van der Waals surface area contributed by atoms with Gasteiger partial charge in [-0.3, -0.25) is 4.98 Å². The molecule has 0 saturated heterocycles. The minimum Gasteiger partial charge on any atom is -0.307 e. The fourth-order valence-corrected chi connectivity index (χ4v) is 2.62. The number of aryl methyl sites for hydroxylation is 1. The van der Waals surface area contributed by atoms with Crippen LogP contribution in [0.25, 0.3) is 0 Å². The van der Waals surface area contributed by atoms with Gasteiger partial charge in [0.15, 0.2) is 0 Å². The summed E-state index contributed by atoms with van der Waals surface area (Å²) in [4.78, 5) is 6.40. The Hall–Kier alpha value is -1.26. The zero-order valence-electron chi connectivity index (χ0n) is 9.20. The van der Waals surface area contributed by atoms with E-state index >= 15 is 0 Å². The van der Waals surface area contributed by atoms with Gasteiger partial charge < -0.3 is 5.32 Å². The van der Waals surface area contributed by atoms with E-state index in [2.05, 4.69) is 10.3 Å². The lowest BCUT2D eigenvalue weighted by Crippen LogP contribution is -2.19. The summed E-state index contributed by atoms with van der Waals surface area (Å²) in [6.45, 7) is 2.04. The number of pyridine rings is 1. The molecule has 2 heterocycles. The van der Waals surface area contributed by atoms with Crippen LogP contribution >= 0.6 is 11.3 Å². The molecule has 0 fully saturated rings. The topological polar surface area (TPSA) is 24.9 Å². The summed E-state index contributed by atoms with van der Waals surface area (Å²) in [5.41, 5.74) is 0.451. The first-order valence-corrected chi connectivity index (χ1v) is 5.88. The molecule has 0 spiro atoms. The van der Waals surface area contributed by atoms with Crippen LogP contribution in [-0.4, -0.2) is 12.0 Å². The van der Waals surface area contributed by atoms with Crippen LogP contribution in [0.5, 0.6) is 0 Å². The van der Waals surface area contributed by atoms with Crippen molar-refractivity contribution in [2.75, 3.05) is 7.05 Å². The molecule has 1 unspecified atom stereocenters. The van der Waals surface area contributed by atoms with Crippen molar-refractivity contribution in [3.63, 3.8) is 0 Å². The second-order valence-electron chi connectivity index (χ2n) is 3.54. The predicted molar refractivity (Wildman–Crippen MR) is 64.2 cm³/mol. The molecule has 1 atom stereocenters. The van der Waals surface area contributed by atoms with Gasteiger partial charge >= 0.3 is 0 Å². The van der Waals surface area contributed by atoms with Crippen LogP contribution in [0, 0.1) is 12.7 Å². The zero-order valence-corrected chi connectivity index (χ0v) is 10.0. The van der Waals surface area contributed by atoms with Crippen LogP contribution in [0.2, 0.25) is 0 Å². The normalized spacial score (nSPS) is 12.7. The van der Waals surface area contributed by atoms with Crippen LogP contribution in [-0.2, 0) is 0 Å². The smallest absolute Gasteiger partial charge is 0.146 e. The molecule has 0 aliphatic rings. The van der Waals surface area contributed by atoms with Crippen molar-refractivity contribution in [2.24, 2.45) is 0 Å². The van der Waals surface area contributed by atoms with E-state index in [0.717, 1.165) is 4.88 Å². The number of hydrogen-bond donors (Lipinski definition) is 1. The highest BCUT2D eigenvalue weighted by Crippen LogP contribution is 2.27. The standard InChI is InChI=1S/C12H13FN2S/c1-8-5-6-10(16-8)12(14-2)11-9(13)4-3-7-15-11/h3-7,12,14H,1-2H3. The van der Waals surface area contributed by atoms with Crippen molar-refractivity contribution >= 4 is 11.3 Å². The Kier molecular flexibility index (Phi) is 3.31. The van der Waals surface area contributed by atoms with E-state index in [1.165, 1.54) is 10.9 Å². The van der Waals surface area contributed by atoms with Crippen molar-refractivity contribution < 1.29 is 4.39 Å². The average molecular weight is 236 g/mol. The molecular formula is C12H13FN2S. The van der Waals surface area contributed by atoms with Gasteiger partial charge in [-0.15, -0.1) is 11.3 Å². The van der Waals surface area contributed by atoms with Gasteiger partial charge in [0.1, 0.15) is 5.82 Å². The van der Waals surface area contributed by atoms with Gasteiger partial charge in [-0.2, -0.15) is 0 Å². The van der Waals surface area contributed by atoms with Crippen LogP contribution in [0.15, 0.2) is 30.5 Å². The number of hydrogen-bond acceptors (Lipinski definition) is 3. The van der Waals surface area contributed by atoms with Gasteiger partial charge in [-0.25, -0.2) is 4.39 Å². The van der Waals surface area contributed by atoms with E-state index < -0.39 is 0 Å². The second-order valence-corrected chi connectivity index (χ2v) is 4.86. The van der Waals surface area contributed by atoms with Crippen LogP contribution in [0.4, 0.5) is 4.39 Å². The summed E-state index contributed by atoms with van der Waals surface area (Å²) in [5.74, 6) is -0.270. The number of halogens is 1. The molecule has 0 bridgehead atoms. The minimum atomic E-state index is -0.270. The molecule has 0 saturated carbocycles. The first-order chi connectivity index (χ1) is 7.72. The van der Waals surface area contributed by atoms with Gasteiger partial charge in [-0.05, 0) is 38.2 Å². The molecule has 1 N–H and O–H groups in total. The van der Waals surface area contributed by atoms with E-state index in [-0.39, 0.29) is 11.9 Å². The van der Waals surface area contributed by atoms with Crippen LogP contribution < -0.4 is 5.32 Å². The molecule has 0 aliphatic heterocycles. The van der Waals surface area contributed by atoms with Crippen molar-refractivity contribution in [1.29, 1.82) is 0 Å². The maximum Gasteiger partial charge on any atom is 0.146 e. The fourth-order valence-electron chi connectivity index (χ4n) is 1.63. The molecule has 2 nitrogen and oxygen atoms in total. The first kappa shape index (κ1) is 11.2. The third-order valence-corrected chi connectivity index (χ3v) is 3.46. The summed E-state index contributed by atoms with van der Waals surface area (Å²) in [7, 11) is 1.81. The highest BCUT2D eigenvalue weighted by Gasteiger charge is 2.18. The summed E-state index contributed by atoms with van der Waals surface area (Å²) in [5, 5.41) is 3.10. The molecule has 2 rings (SSSR count). The van der Waals surface area contributed by atoms with Gasteiger partial charge in [0.25, 0.3) is 0 Å². The van der Waals surface area contributed by atoms with Crippen molar-refractivity contribution in [3.05, 3.63) is 51.7 Å². The maximum absolute atomic E-state index is 13.6. The quantitative estimate of drug-likeness (QED) is 0.886. The molecule has 84 valence electrons. The third-order valence-electron chi connectivity index (χ3n) is 2.39. The first-order valence-electron chi connectivity index (χ1n) is 5.06. The van der Waals surface area contributed by atoms with Gasteiger partial charge in [0, 0.05) is 16.0 Å². The van der Waals surface area contributed by atoms with E-state index in [1.807, 2.05) is 26.1 Å². The SMILES string of the molecule is CNC(c1ccc(C)s1)c1ncccc1F. The van der Waals surface area contributed by atoms with E-state index in [9.17, 15) is 4.39 Å². The number of aromatic nitrogens is 1. The lowest BCUT2D eigenvalue weighted by molar-refractivity contribution is 0.563. The Morgan fingerprint density at radius 1 is 1.38 bits per heavy atom. The van der Waals surface area contributed by atoms with E-state index in [4.69, 9.17) is 0 Å². The zero-order chi connectivity index (χ0) is 11.5. The molecule has 0 aromatic carbocycles. The average Bonchev–Trinajstić information content (AvgIpc) is 2.69. The Morgan fingerprint density at radius 2 is 2.19 bits per heavy atom. The number of nitrogens with zero attached hydrogens (tertiary/aromatic N) is 1. The number of nitrogens with one attached hydrogen (secondary N) is 1. The summed E-state index contributed by atoms with van der Waals surface area (Å²) in [6.07, 6.45) is 1.61. The van der Waals surface area contributed by atoms with Gasteiger partial charge in [0.2, 0.25) is 0 Å². The number of rotatable bonds is 3. The lowest BCUT2D eigenvalue weighted by atomic mass is 10.1. The molecule has 2 aromatic rings. The molecule has 16 heavy (non-hydrogen) atoms. The van der Waals surface area contributed by atoms with E-state index in [1.54, 1.807) is 23.6 Å². The summed E-state index contributed by atoms with van der Waals surface area (Å²) in [6, 6.07) is 6.92. The lowest BCUT2D eigenvalue weighted by Gasteiger charge is -2.14. The van der Waals surface area contributed by atoms with Crippen molar-refractivity contribution in [2.45, 2.75) is 13.0 Å². The molecule has 4 heteroatoms. The van der Waals surface area contributed by atoms with Crippen molar-refractivity contribution in [3.8, 4) is 0 Å². The molecule has 0 aliphatic carbocycles. The van der Waals surface area contributed by atoms with Gasteiger partial charge in [0.05, 0.1) is 11.7 Å². The van der Waals surface area contributed by atoms with E-state index in [0.29, 0.717) is 5.69 Å². The minimum absolute atomic E-state index is 0.167. The summed E-state index contributed by atoms with van der Waals surface area (Å²) < 4.78 is 13.6. The molecule has 0 radical (unpaired) electrons. The third kappa shape index (κ3) is 2.13. The second kappa shape index (κ2) is 4.72. The monoisotopic (exact) mass is 236 g/mol. The summed E-state index contributed by atoms with van der Waals surface area (Å²) >= 11 is 1.65. The Bertz CT molecular complexity index is 481. The Labute approximate surface area is 98.2 Å². The number of thiophene rings is 1. The largest absolute Gasteiger partial charge is 0.307 e. The predicted octanol–water partition coefficient (Wildman–Crippen LogP) is 2.90. The Balaban J connectivity index is 2.40. The Morgan fingerprint density at radius 3 is 2.75 bits per heavy atom. The highest BCUT2D eigenvalue weighted by atomic mass is 32.1. The van der Waals surface area contributed by atoms with Crippen molar-refractivity contribution in [1.82, 2.24) is 10.3 Å². The fraction of sp³-hybridized carbons (Fsp3) is 0.250. The maximum atomic E-state index is 13.6. The van der Waals surface area contributed by atoms with Crippen LogP contribution in [0.3, 0.4) is 0 Å².